The molecule has 0 aliphatic carbocycles. The fraction of sp³-hybridized carbons (Fsp3) is 0.250. The Morgan fingerprint density at radius 3 is 2.76 bits per heavy atom. The van der Waals surface area contributed by atoms with E-state index in [0.29, 0.717) is 5.75 Å². The third-order valence-corrected chi connectivity index (χ3v) is 2.57. The largest absolute Gasteiger partial charge is 0.482 e. The van der Waals surface area contributed by atoms with Crippen molar-refractivity contribution in [2.75, 3.05) is 0 Å². The van der Waals surface area contributed by atoms with E-state index in [4.69, 9.17) is 9.84 Å². The number of ketones is 2. The molecule has 2 rings (SSSR count). The number of rotatable bonds is 3. The number of fused-ring (bicyclic) bond motifs is 1. The second-order valence-electron chi connectivity index (χ2n) is 3.79. The Kier molecular flexibility index (Phi) is 2.91. The topological polar surface area (TPSA) is 80.7 Å². The summed E-state index contributed by atoms with van der Waals surface area (Å²) in [6, 6.07) is 7.01. The molecule has 1 N–H and O–H groups in total. The van der Waals surface area contributed by atoms with E-state index in [9.17, 15) is 14.4 Å². The number of carbonyl (C=O) groups excluding carboxylic acids is 2. The first-order chi connectivity index (χ1) is 8.08. The molecule has 1 aromatic carbocycles. The normalized spacial score (nSPS) is 18.1. The van der Waals surface area contributed by atoms with Crippen molar-refractivity contribution < 1.29 is 24.2 Å². The number of Topliss-reactive ketones (excluding diaryl/α,β-unsaturated/α-hetero) is 2. The van der Waals surface area contributed by atoms with Crippen molar-refractivity contribution in [1.82, 2.24) is 0 Å². The van der Waals surface area contributed by atoms with Crippen LogP contribution in [0, 0.1) is 0 Å². The number of hydrogen-bond donors (Lipinski definition) is 1. The van der Waals surface area contributed by atoms with Gasteiger partial charge < -0.3 is 9.84 Å². The zero-order chi connectivity index (χ0) is 12.4. The summed E-state index contributed by atoms with van der Waals surface area (Å²) in [7, 11) is 0. The van der Waals surface area contributed by atoms with E-state index in [1.807, 2.05) is 0 Å². The lowest BCUT2D eigenvalue weighted by Gasteiger charge is -2.23. The number of para-hydroxylation sites is 1. The van der Waals surface area contributed by atoms with E-state index in [2.05, 4.69) is 0 Å². The zero-order valence-electron chi connectivity index (χ0n) is 8.88. The van der Waals surface area contributed by atoms with Crippen LogP contribution in [0.4, 0.5) is 0 Å². The van der Waals surface area contributed by atoms with Crippen LogP contribution in [-0.2, 0) is 20.8 Å². The summed E-state index contributed by atoms with van der Waals surface area (Å²) in [4.78, 5) is 33.1. The number of ether oxygens (including phenoxy) is 1. The van der Waals surface area contributed by atoms with Gasteiger partial charge in [0.1, 0.15) is 5.75 Å². The Balaban J connectivity index is 2.15. The molecule has 1 heterocycles. The first-order valence-electron chi connectivity index (χ1n) is 5.11. The van der Waals surface area contributed by atoms with Crippen molar-refractivity contribution in [3.05, 3.63) is 29.8 Å². The second kappa shape index (κ2) is 4.37. The Hall–Kier alpha value is -2.17. The third-order valence-electron chi connectivity index (χ3n) is 2.57. The van der Waals surface area contributed by atoms with Gasteiger partial charge in [-0.05, 0) is 6.07 Å². The molecule has 5 heteroatoms. The molecule has 0 spiro atoms. The minimum atomic E-state index is -1.54. The van der Waals surface area contributed by atoms with Crippen LogP contribution >= 0.6 is 0 Å². The van der Waals surface area contributed by atoms with Gasteiger partial charge in [-0.1, -0.05) is 18.2 Å². The van der Waals surface area contributed by atoms with Crippen LogP contribution in [0.5, 0.6) is 5.75 Å². The number of hydrogen-bond acceptors (Lipinski definition) is 4. The average Bonchev–Trinajstić information content (AvgIpc) is 2.29. The third kappa shape index (κ3) is 2.33. The summed E-state index contributed by atoms with van der Waals surface area (Å²) >= 11 is 0. The van der Waals surface area contributed by atoms with E-state index < -0.39 is 24.3 Å². The van der Waals surface area contributed by atoms with Gasteiger partial charge in [0.05, 0.1) is 6.42 Å². The Morgan fingerprint density at radius 2 is 2.06 bits per heavy atom. The standard InChI is InChI=1S/C12H10O5/c13-8-5-7-3-1-2-4-10(7)17-11(8)6-9(14)12(15)16/h1-4,11H,5-6H2,(H,15,16). The van der Waals surface area contributed by atoms with Crippen molar-refractivity contribution in [2.24, 2.45) is 0 Å². The predicted octanol–water partition coefficient (Wildman–Crippen LogP) is 0.603. The minimum absolute atomic E-state index is 0.174. The van der Waals surface area contributed by atoms with Gasteiger partial charge in [0.15, 0.2) is 11.9 Å². The highest BCUT2D eigenvalue weighted by atomic mass is 16.5. The maximum Gasteiger partial charge on any atom is 0.372 e. The minimum Gasteiger partial charge on any atom is -0.482 e. The molecule has 0 fully saturated rings. The lowest BCUT2D eigenvalue weighted by molar-refractivity contribution is -0.150. The molecule has 0 bridgehead atoms. The first-order valence-corrected chi connectivity index (χ1v) is 5.11. The van der Waals surface area contributed by atoms with Crippen molar-refractivity contribution >= 4 is 17.5 Å². The molecule has 88 valence electrons. The Labute approximate surface area is 97.0 Å². The van der Waals surface area contributed by atoms with Gasteiger partial charge in [0, 0.05) is 12.0 Å². The molecule has 1 aliphatic rings. The molecule has 1 aliphatic heterocycles. The van der Waals surface area contributed by atoms with E-state index >= 15 is 0 Å². The van der Waals surface area contributed by atoms with Crippen LogP contribution in [0.15, 0.2) is 24.3 Å². The predicted molar refractivity (Wildman–Crippen MR) is 56.8 cm³/mol. The molecule has 0 amide bonds. The van der Waals surface area contributed by atoms with Gasteiger partial charge >= 0.3 is 5.97 Å². The number of carbonyl (C=O) groups is 3. The Bertz CT molecular complexity index is 491. The fourth-order valence-corrected chi connectivity index (χ4v) is 1.70. The van der Waals surface area contributed by atoms with Crippen LogP contribution < -0.4 is 4.74 Å². The van der Waals surface area contributed by atoms with Crippen LogP contribution in [0.2, 0.25) is 0 Å². The number of carboxylic acid groups (broad SMARTS) is 1. The van der Waals surface area contributed by atoms with E-state index in [0.717, 1.165) is 5.56 Å². The Morgan fingerprint density at radius 1 is 1.35 bits per heavy atom. The molecule has 0 saturated carbocycles. The number of aliphatic carboxylic acids is 1. The maximum absolute atomic E-state index is 11.6. The van der Waals surface area contributed by atoms with Gasteiger partial charge in [0.25, 0.3) is 0 Å². The SMILES string of the molecule is O=C(O)C(=O)CC1Oc2ccccc2CC1=O. The van der Waals surface area contributed by atoms with Crippen molar-refractivity contribution in [1.29, 1.82) is 0 Å². The van der Waals surface area contributed by atoms with Gasteiger partial charge in [-0.25, -0.2) is 4.79 Å². The summed E-state index contributed by atoms with van der Waals surface area (Å²) < 4.78 is 5.33. The first kappa shape index (κ1) is 11.3. The van der Waals surface area contributed by atoms with Gasteiger partial charge in [0.2, 0.25) is 5.78 Å². The summed E-state index contributed by atoms with van der Waals surface area (Å²) in [5.74, 6) is -2.28. The lowest BCUT2D eigenvalue weighted by atomic mass is 9.98. The molecule has 0 aromatic heterocycles. The summed E-state index contributed by atoms with van der Waals surface area (Å²) in [6.07, 6.45) is -1.22. The highest BCUT2D eigenvalue weighted by Crippen LogP contribution is 2.26. The molecule has 0 radical (unpaired) electrons. The van der Waals surface area contributed by atoms with Crippen molar-refractivity contribution in [2.45, 2.75) is 18.9 Å². The van der Waals surface area contributed by atoms with E-state index in [-0.39, 0.29) is 12.2 Å². The van der Waals surface area contributed by atoms with Gasteiger partial charge in [-0.3, -0.25) is 9.59 Å². The average molecular weight is 234 g/mol. The lowest BCUT2D eigenvalue weighted by Crippen LogP contribution is -2.36. The summed E-state index contributed by atoms with van der Waals surface area (Å²) in [6.45, 7) is 0. The van der Waals surface area contributed by atoms with Crippen LogP contribution in [-0.4, -0.2) is 28.7 Å². The zero-order valence-corrected chi connectivity index (χ0v) is 8.88. The van der Waals surface area contributed by atoms with Crippen LogP contribution in [0.3, 0.4) is 0 Å². The van der Waals surface area contributed by atoms with Gasteiger partial charge in [-0.2, -0.15) is 0 Å². The molecule has 1 aromatic rings. The highest BCUT2D eigenvalue weighted by molar-refractivity contribution is 6.33. The smallest absolute Gasteiger partial charge is 0.372 e. The molecule has 1 atom stereocenters. The molecular weight excluding hydrogens is 224 g/mol. The summed E-state index contributed by atoms with van der Waals surface area (Å²) in [5, 5.41) is 8.48. The van der Waals surface area contributed by atoms with Crippen molar-refractivity contribution in [3.8, 4) is 5.75 Å². The molecule has 17 heavy (non-hydrogen) atoms. The number of benzene rings is 1. The van der Waals surface area contributed by atoms with Crippen molar-refractivity contribution in [3.63, 3.8) is 0 Å². The molecule has 1 unspecified atom stereocenters. The molecule has 0 saturated heterocycles. The molecule has 5 nitrogen and oxygen atoms in total. The fourth-order valence-electron chi connectivity index (χ4n) is 1.70. The molecular formula is C12H10O5. The van der Waals surface area contributed by atoms with Gasteiger partial charge in [-0.15, -0.1) is 0 Å². The number of carboxylic acids is 1. The van der Waals surface area contributed by atoms with Crippen LogP contribution in [0.1, 0.15) is 12.0 Å². The summed E-state index contributed by atoms with van der Waals surface area (Å²) in [5.41, 5.74) is 0.761. The van der Waals surface area contributed by atoms with Crippen LogP contribution in [0.25, 0.3) is 0 Å². The van der Waals surface area contributed by atoms with E-state index in [1.54, 1.807) is 24.3 Å². The monoisotopic (exact) mass is 234 g/mol. The second-order valence-corrected chi connectivity index (χ2v) is 3.79. The highest BCUT2D eigenvalue weighted by Gasteiger charge is 2.31. The quantitative estimate of drug-likeness (QED) is 0.774. The van der Waals surface area contributed by atoms with E-state index in [1.165, 1.54) is 0 Å². The maximum atomic E-state index is 11.6.